The molecule has 0 aliphatic rings. The van der Waals surface area contributed by atoms with Gasteiger partial charge in [-0.25, -0.2) is 18.6 Å². The zero-order valence-corrected chi connectivity index (χ0v) is 16.3. The van der Waals surface area contributed by atoms with Crippen LogP contribution in [0, 0.1) is 18.6 Å². The normalized spacial score (nSPS) is 10.8. The minimum absolute atomic E-state index is 0.00823. The van der Waals surface area contributed by atoms with Crippen LogP contribution in [0.3, 0.4) is 0 Å². The number of halogens is 2. The van der Waals surface area contributed by atoms with Crippen molar-refractivity contribution in [2.45, 2.75) is 6.92 Å². The summed E-state index contributed by atoms with van der Waals surface area (Å²) in [7, 11) is 1.46. The highest BCUT2D eigenvalue weighted by Crippen LogP contribution is 2.25. The first-order chi connectivity index (χ1) is 14.8. The molecule has 31 heavy (non-hydrogen) atoms. The molecule has 0 fully saturated rings. The largest absolute Gasteiger partial charge is 0.437 e. The molecule has 0 atom stereocenters. The van der Waals surface area contributed by atoms with Crippen LogP contribution in [0.5, 0.6) is 0 Å². The molecule has 0 unspecified atom stereocenters. The molecule has 0 saturated carbocycles. The number of anilines is 1. The minimum Gasteiger partial charge on any atom is -0.388 e. The highest BCUT2D eigenvalue weighted by atomic mass is 19.1. The molecule has 1 aromatic carbocycles. The number of rotatable bonds is 4. The van der Waals surface area contributed by atoms with Gasteiger partial charge in [0.15, 0.2) is 5.82 Å². The first-order valence-corrected chi connectivity index (χ1v) is 8.92. The standard InChI is InChI=1S/C20H14F2N6O3/c1-10-12(6-11(7-23-10)19-27-28(2)20(30)31-19)15-8-25-16(9-24-15)26-18(29)17-13(21)4-3-5-14(17)22/h3-9H,1-2H3,(H,25,26,29). The number of carbonyl (C=O) groups excluding carboxylic acids is 1. The molecule has 9 nitrogen and oxygen atoms in total. The smallest absolute Gasteiger partial charge is 0.388 e. The van der Waals surface area contributed by atoms with Gasteiger partial charge in [-0.1, -0.05) is 6.07 Å². The molecular weight excluding hydrogens is 410 g/mol. The lowest BCUT2D eigenvalue weighted by Gasteiger charge is -2.08. The third-order valence-electron chi connectivity index (χ3n) is 4.38. The second kappa shape index (κ2) is 7.86. The van der Waals surface area contributed by atoms with E-state index in [1.807, 2.05) is 0 Å². The Labute approximate surface area is 173 Å². The molecule has 0 saturated heterocycles. The monoisotopic (exact) mass is 424 g/mol. The predicted octanol–water partition coefficient (Wildman–Crippen LogP) is 2.73. The molecule has 4 rings (SSSR count). The lowest BCUT2D eigenvalue weighted by atomic mass is 10.1. The SMILES string of the molecule is Cc1ncc(-c2nn(C)c(=O)o2)cc1-c1cnc(NC(=O)c2c(F)cccc2F)cn1. The molecule has 4 aromatic rings. The van der Waals surface area contributed by atoms with Gasteiger partial charge < -0.3 is 9.73 Å². The summed E-state index contributed by atoms with van der Waals surface area (Å²) >= 11 is 0. The highest BCUT2D eigenvalue weighted by molar-refractivity contribution is 6.04. The van der Waals surface area contributed by atoms with E-state index in [1.165, 1.54) is 25.6 Å². The van der Waals surface area contributed by atoms with Crippen molar-refractivity contribution < 1.29 is 18.0 Å². The number of hydrogen-bond donors (Lipinski definition) is 1. The van der Waals surface area contributed by atoms with E-state index < -0.39 is 28.9 Å². The van der Waals surface area contributed by atoms with Gasteiger partial charge in [0.1, 0.15) is 17.2 Å². The van der Waals surface area contributed by atoms with Crippen molar-refractivity contribution in [3.8, 4) is 22.7 Å². The molecule has 0 aliphatic carbocycles. The number of pyridine rings is 1. The summed E-state index contributed by atoms with van der Waals surface area (Å²) in [5.74, 6) is -3.45. The summed E-state index contributed by atoms with van der Waals surface area (Å²) in [5, 5.41) is 6.30. The molecule has 0 aliphatic heterocycles. The number of benzene rings is 1. The van der Waals surface area contributed by atoms with Crippen LogP contribution < -0.4 is 11.1 Å². The maximum Gasteiger partial charge on any atom is 0.437 e. The van der Waals surface area contributed by atoms with Crippen LogP contribution in [0.1, 0.15) is 16.1 Å². The molecule has 0 bridgehead atoms. The summed E-state index contributed by atoms with van der Waals surface area (Å²) in [6.07, 6.45) is 4.13. The zero-order chi connectivity index (χ0) is 22.1. The van der Waals surface area contributed by atoms with Gasteiger partial charge in [-0.2, -0.15) is 4.68 Å². The van der Waals surface area contributed by atoms with Crippen LogP contribution in [0.2, 0.25) is 0 Å². The van der Waals surface area contributed by atoms with Gasteiger partial charge in [-0.05, 0) is 25.1 Å². The Morgan fingerprint density at radius 3 is 2.45 bits per heavy atom. The summed E-state index contributed by atoms with van der Waals surface area (Å²) in [5.41, 5.74) is 1.39. The Kier molecular flexibility index (Phi) is 5.07. The van der Waals surface area contributed by atoms with Crippen LogP contribution >= 0.6 is 0 Å². The molecule has 3 aromatic heterocycles. The molecule has 1 amide bonds. The molecule has 11 heteroatoms. The molecule has 0 spiro atoms. The van der Waals surface area contributed by atoms with Crippen LogP contribution in [0.4, 0.5) is 14.6 Å². The van der Waals surface area contributed by atoms with Crippen LogP contribution in [0.15, 0.2) is 52.1 Å². The van der Waals surface area contributed by atoms with Gasteiger partial charge in [0.05, 0.1) is 23.7 Å². The number of nitrogens with one attached hydrogen (secondary N) is 1. The fourth-order valence-corrected chi connectivity index (χ4v) is 2.80. The van der Waals surface area contributed by atoms with Gasteiger partial charge in [0.2, 0.25) is 0 Å². The zero-order valence-electron chi connectivity index (χ0n) is 16.3. The third-order valence-corrected chi connectivity index (χ3v) is 4.38. The topological polar surface area (TPSA) is 116 Å². The van der Waals surface area contributed by atoms with E-state index in [2.05, 4.69) is 25.4 Å². The minimum atomic E-state index is -0.984. The Balaban J connectivity index is 1.60. The van der Waals surface area contributed by atoms with Crippen LogP contribution in [-0.2, 0) is 7.05 Å². The van der Waals surface area contributed by atoms with Gasteiger partial charge in [0.25, 0.3) is 11.8 Å². The van der Waals surface area contributed by atoms with Gasteiger partial charge in [0, 0.05) is 24.5 Å². The summed E-state index contributed by atoms with van der Waals surface area (Å²) in [6.45, 7) is 1.76. The lowest BCUT2D eigenvalue weighted by molar-refractivity contribution is 0.101. The number of hydrogen-bond acceptors (Lipinski definition) is 7. The van der Waals surface area contributed by atoms with Gasteiger partial charge in [-0.3, -0.25) is 14.8 Å². The van der Waals surface area contributed by atoms with E-state index in [9.17, 15) is 18.4 Å². The summed E-state index contributed by atoms with van der Waals surface area (Å²) in [6, 6.07) is 4.82. The van der Waals surface area contributed by atoms with E-state index in [1.54, 1.807) is 13.0 Å². The van der Waals surface area contributed by atoms with Gasteiger partial charge in [-0.15, -0.1) is 5.10 Å². The maximum absolute atomic E-state index is 13.8. The van der Waals surface area contributed by atoms with Crippen molar-refractivity contribution in [1.82, 2.24) is 24.7 Å². The van der Waals surface area contributed by atoms with Crippen molar-refractivity contribution in [3.63, 3.8) is 0 Å². The van der Waals surface area contributed by atoms with Crippen molar-refractivity contribution in [2.75, 3.05) is 5.32 Å². The second-order valence-corrected chi connectivity index (χ2v) is 6.49. The van der Waals surface area contributed by atoms with Crippen LogP contribution in [-0.4, -0.2) is 30.6 Å². The molecule has 0 radical (unpaired) electrons. The van der Waals surface area contributed by atoms with Crippen molar-refractivity contribution in [2.24, 2.45) is 7.05 Å². The fourth-order valence-electron chi connectivity index (χ4n) is 2.80. The number of carbonyl (C=O) groups is 1. The Morgan fingerprint density at radius 1 is 1.10 bits per heavy atom. The molecule has 1 N–H and O–H groups in total. The Morgan fingerprint density at radius 2 is 1.84 bits per heavy atom. The first-order valence-electron chi connectivity index (χ1n) is 8.92. The summed E-state index contributed by atoms with van der Waals surface area (Å²) in [4.78, 5) is 36.3. The van der Waals surface area contributed by atoms with E-state index in [4.69, 9.17) is 4.42 Å². The summed E-state index contributed by atoms with van der Waals surface area (Å²) < 4.78 is 33.6. The van der Waals surface area contributed by atoms with Crippen molar-refractivity contribution >= 4 is 11.7 Å². The first kappa shape index (κ1) is 20.0. The second-order valence-electron chi connectivity index (χ2n) is 6.49. The average Bonchev–Trinajstić information content (AvgIpc) is 3.07. The lowest BCUT2D eigenvalue weighted by Crippen LogP contribution is -2.16. The Bertz CT molecular complexity index is 1330. The molecule has 3 heterocycles. The number of nitrogens with zero attached hydrogens (tertiary/aromatic N) is 5. The highest BCUT2D eigenvalue weighted by Gasteiger charge is 2.18. The maximum atomic E-state index is 13.8. The average molecular weight is 424 g/mol. The fraction of sp³-hybridized carbons (Fsp3) is 0.100. The van der Waals surface area contributed by atoms with E-state index in [0.717, 1.165) is 22.9 Å². The molecular formula is C20H14F2N6O3. The van der Waals surface area contributed by atoms with Crippen molar-refractivity contribution in [3.05, 3.63) is 76.3 Å². The van der Waals surface area contributed by atoms with Crippen molar-refractivity contribution in [1.29, 1.82) is 0 Å². The number of aryl methyl sites for hydroxylation is 2. The Hall–Kier alpha value is -4.28. The number of aromatic nitrogens is 5. The third kappa shape index (κ3) is 3.92. The molecule has 156 valence electrons. The number of amides is 1. The van der Waals surface area contributed by atoms with E-state index >= 15 is 0 Å². The van der Waals surface area contributed by atoms with E-state index in [0.29, 0.717) is 22.5 Å². The predicted molar refractivity (Wildman–Crippen MR) is 105 cm³/mol. The quantitative estimate of drug-likeness (QED) is 0.535. The van der Waals surface area contributed by atoms with Gasteiger partial charge >= 0.3 is 5.76 Å². The van der Waals surface area contributed by atoms with Crippen LogP contribution in [0.25, 0.3) is 22.7 Å². The van der Waals surface area contributed by atoms with E-state index in [-0.39, 0.29) is 11.7 Å².